The summed E-state index contributed by atoms with van der Waals surface area (Å²) < 4.78 is 0. The normalized spacial score (nSPS) is 12.4. The third-order valence-electron chi connectivity index (χ3n) is 3.07. The Morgan fingerprint density at radius 2 is 2.06 bits per heavy atom. The summed E-state index contributed by atoms with van der Waals surface area (Å²) in [6.07, 6.45) is 4.78. The van der Waals surface area contributed by atoms with Crippen molar-refractivity contribution in [3.63, 3.8) is 0 Å². The van der Waals surface area contributed by atoms with Crippen LogP contribution in [0.1, 0.15) is 25.8 Å². The summed E-state index contributed by atoms with van der Waals surface area (Å²) >= 11 is 0. The molecule has 1 atom stereocenters. The number of imidazole rings is 1. The third kappa shape index (κ3) is 2.87. The largest absolute Gasteiger partial charge is 0.335 e. The molecule has 0 aliphatic carbocycles. The first-order chi connectivity index (χ1) is 8.31. The van der Waals surface area contributed by atoms with Crippen LogP contribution in [-0.2, 0) is 6.54 Å². The Hall–Kier alpha value is -1.77. The Morgan fingerprint density at radius 3 is 2.65 bits per heavy atom. The Morgan fingerprint density at radius 1 is 1.29 bits per heavy atom. The van der Waals surface area contributed by atoms with Gasteiger partial charge in [0.05, 0.1) is 0 Å². The number of anilines is 1. The molecular weight excluding hydrogens is 210 g/mol. The molecule has 1 aromatic carbocycles. The number of hydrogen-bond acceptors (Lipinski definition) is 2. The Balaban J connectivity index is 2.17. The van der Waals surface area contributed by atoms with Gasteiger partial charge in [0.15, 0.2) is 0 Å². The molecule has 1 heterocycles. The van der Waals surface area contributed by atoms with Gasteiger partial charge in [-0.2, -0.15) is 0 Å². The van der Waals surface area contributed by atoms with Crippen LogP contribution in [0.25, 0.3) is 0 Å². The van der Waals surface area contributed by atoms with Crippen LogP contribution in [0.5, 0.6) is 0 Å². The van der Waals surface area contributed by atoms with E-state index >= 15 is 0 Å². The van der Waals surface area contributed by atoms with Gasteiger partial charge in [-0.1, -0.05) is 37.3 Å². The molecule has 1 aromatic heterocycles. The zero-order valence-corrected chi connectivity index (χ0v) is 10.4. The van der Waals surface area contributed by atoms with Gasteiger partial charge in [-0.15, -0.1) is 0 Å². The van der Waals surface area contributed by atoms with Crippen molar-refractivity contribution in [1.82, 2.24) is 9.97 Å². The van der Waals surface area contributed by atoms with Crippen LogP contribution >= 0.6 is 0 Å². The molecule has 0 fully saturated rings. The molecule has 2 aromatic rings. The molecule has 3 heteroatoms. The second-order valence-electron chi connectivity index (χ2n) is 4.28. The molecule has 0 saturated carbocycles. The van der Waals surface area contributed by atoms with Gasteiger partial charge in [0, 0.05) is 25.0 Å². The number of rotatable bonds is 5. The summed E-state index contributed by atoms with van der Waals surface area (Å²) in [6.45, 7) is 5.32. The molecule has 0 bridgehead atoms. The lowest BCUT2D eigenvalue weighted by Crippen LogP contribution is -2.32. The lowest BCUT2D eigenvalue weighted by Gasteiger charge is -2.28. The van der Waals surface area contributed by atoms with Gasteiger partial charge in [0.1, 0.15) is 0 Å². The van der Waals surface area contributed by atoms with Crippen LogP contribution in [0.15, 0.2) is 42.7 Å². The number of aromatic nitrogens is 2. The van der Waals surface area contributed by atoms with Gasteiger partial charge >= 0.3 is 0 Å². The Kier molecular flexibility index (Phi) is 3.81. The fourth-order valence-corrected chi connectivity index (χ4v) is 1.85. The molecule has 0 saturated heterocycles. The van der Waals surface area contributed by atoms with Gasteiger partial charge in [-0.25, -0.2) is 4.98 Å². The quantitative estimate of drug-likeness (QED) is 0.853. The van der Waals surface area contributed by atoms with Gasteiger partial charge in [-0.05, 0) is 18.9 Å². The number of nitrogens with zero attached hydrogens (tertiary/aromatic N) is 2. The molecule has 1 unspecified atom stereocenters. The minimum Gasteiger partial charge on any atom is -0.335 e. The maximum Gasteiger partial charge on any atom is 0.203 e. The number of nitrogens with one attached hydrogen (secondary N) is 1. The molecule has 0 amide bonds. The van der Waals surface area contributed by atoms with E-state index in [0.717, 1.165) is 18.9 Å². The van der Waals surface area contributed by atoms with E-state index in [1.54, 1.807) is 6.20 Å². The number of hydrogen-bond donors (Lipinski definition) is 1. The standard InChI is InChI=1S/C14H19N3/c1-3-12(2)17(14-15-9-10-16-14)11-13-7-5-4-6-8-13/h4-10,12H,3,11H2,1-2H3,(H,15,16). The zero-order valence-electron chi connectivity index (χ0n) is 10.4. The SMILES string of the molecule is CCC(C)N(Cc1ccccc1)c1ncc[nH]1. The molecule has 0 aliphatic rings. The van der Waals surface area contributed by atoms with Gasteiger partial charge in [0.2, 0.25) is 5.95 Å². The second kappa shape index (κ2) is 5.53. The Labute approximate surface area is 103 Å². The monoisotopic (exact) mass is 229 g/mol. The van der Waals surface area contributed by atoms with Crippen molar-refractivity contribution >= 4 is 5.95 Å². The van der Waals surface area contributed by atoms with Gasteiger partial charge in [0.25, 0.3) is 0 Å². The zero-order chi connectivity index (χ0) is 12.1. The molecule has 0 aliphatic heterocycles. The van der Waals surface area contributed by atoms with Crippen LogP contribution in [0.2, 0.25) is 0 Å². The van der Waals surface area contributed by atoms with Crippen LogP contribution in [0.4, 0.5) is 5.95 Å². The van der Waals surface area contributed by atoms with E-state index in [0.29, 0.717) is 6.04 Å². The summed E-state index contributed by atoms with van der Waals surface area (Å²) in [5, 5.41) is 0. The molecule has 17 heavy (non-hydrogen) atoms. The average molecular weight is 229 g/mol. The minimum absolute atomic E-state index is 0.473. The number of benzene rings is 1. The van der Waals surface area contributed by atoms with Crippen LogP contribution in [-0.4, -0.2) is 16.0 Å². The minimum atomic E-state index is 0.473. The van der Waals surface area contributed by atoms with Crippen LogP contribution < -0.4 is 4.90 Å². The van der Waals surface area contributed by atoms with E-state index < -0.39 is 0 Å². The van der Waals surface area contributed by atoms with Gasteiger partial charge < -0.3 is 9.88 Å². The second-order valence-corrected chi connectivity index (χ2v) is 4.28. The van der Waals surface area contributed by atoms with E-state index in [1.165, 1.54) is 5.56 Å². The molecule has 2 rings (SSSR count). The highest BCUT2D eigenvalue weighted by atomic mass is 15.3. The first kappa shape index (κ1) is 11.7. The Bertz CT molecular complexity index is 422. The van der Waals surface area contributed by atoms with Crippen molar-refractivity contribution in [3.8, 4) is 0 Å². The topological polar surface area (TPSA) is 31.9 Å². The van der Waals surface area contributed by atoms with E-state index in [9.17, 15) is 0 Å². The summed E-state index contributed by atoms with van der Waals surface area (Å²) in [6, 6.07) is 11.0. The molecule has 0 spiro atoms. The molecule has 90 valence electrons. The molecule has 0 radical (unpaired) electrons. The highest BCUT2D eigenvalue weighted by molar-refractivity contribution is 5.33. The summed E-state index contributed by atoms with van der Waals surface area (Å²) in [7, 11) is 0. The first-order valence-corrected chi connectivity index (χ1v) is 6.11. The van der Waals surface area contributed by atoms with E-state index in [-0.39, 0.29) is 0 Å². The van der Waals surface area contributed by atoms with Crippen LogP contribution in [0, 0.1) is 0 Å². The highest BCUT2D eigenvalue weighted by Gasteiger charge is 2.15. The van der Waals surface area contributed by atoms with Crippen molar-refractivity contribution < 1.29 is 0 Å². The molecule has 1 N–H and O–H groups in total. The molecule has 3 nitrogen and oxygen atoms in total. The van der Waals surface area contributed by atoms with Gasteiger partial charge in [-0.3, -0.25) is 0 Å². The van der Waals surface area contributed by atoms with Crippen molar-refractivity contribution in [2.75, 3.05) is 4.90 Å². The fourth-order valence-electron chi connectivity index (χ4n) is 1.85. The summed E-state index contributed by atoms with van der Waals surface area (Å²) in [5.74, 6) is 0.947. The van der Waals surface area contributed by atoms with E-state index in [2.05, 4.69) is 53.0 Å². The highest BCUT2D eigenvalue weighted by Crippen LogP contribution is 2.16. The number of aromatic amines is 1. The first-order valence-electron chi connectivity index (χ1n) is 6.11. The van der Waals surface area contributed by atoms with Crippen molar-refractivity contribution in [2.24, 2.45) is 0 Å². The van der Waals surface area contributed by atoms with E-state index in [4.69, 9.17) is 0 Å². The summed E-state index contributed by atoms with van der Waals surface area (Å²) in [4.78, 5) is 9.84. The predicted molar refractivity (Wildman–Crippen MR) is 71.0 cm³/mol. The smallest absolute Gasteiger partial charge is 0.203 e. The lowest BCUT2D eigenvalue weighted by atomic mass is 10.1. The van der Waals surface area contributed by atoms with Crippen molar-refractivity contribution in [1.29, 1.82) is 0 Å². The van der Waals surface area contributed by atoms with Crippen molar-refractivity contribution in [3.05, 3.63) is 48.3 Å². The predicted octanol–water partition coefficient (Wildman–Crippen LogP) is 3.21. The maximum absolute atomic E-state index is 4.35. The van der Waals surface area contributed by atoms with Crippen LogP contribution in [0.3, 0.4) is 0 Å². The molecular formula is C14H19N3. The number of H-pyrrole nitrogens is 1. The maximum atomic E-state index is 4.35. The van der Waals surface area contributed by atoms with Crippen molar-refractivity contribution in [2.45, 2.75) is 32.9 Å². The fraction of sp³-hybridized carbons (Fsp3) is 0.357. The lowest BCUT2D eigenvalue weighted by molar-refractivity contribution is 0.602. The van der Waals surface area contributed by atoms with E-state index in [1.807, 2.05) is 12.3 Å². The average Bonchev–Trinajstić information content (AvgIpc) is 2.90. The third-order valence-corrected chi connectivity index (χ3v) is 3.07. The summed E-state index contributed by atoms with van der Waals surface area (Å²) in [5.41, 5.74) is 1.31.